The topological polar surface area (TPSA) is 76.5 Å². The van der Waals surface area contributed by atoms with Gasteiger partial charge in [0.1, 0.15) is 5.02 Å². The molecule has 1 amide bonds. The molecule has 1 aliphatic carbocycles. The molecule has 3 aliphatic rings. The summed E-state index contributed by atoms with van der Waals surface area (Å²) >= 11 is 6.37. The molecule has 7 nitrogen and oxygen atoms in total. The van der Waals surface area contributed by atoms with Crippen LogP contribution in [0.5, 0.6) is 0 Å². The molecular formula is C21H31ClN4O3. The molecule has 2 aliphatic heterocycles. The van der Waals surface area contributed by atoms with Crippen LogP contribution in [-0.2, 0) is 9.53 Å². The molecule has 3 heterocycles. The summed E-state index contributed by atoms with van der Waals surface area (Å²) in [6.07, 6.45) is 9.30. The van der Waals surface area contributed by atoms with Crippen molar-refractivity contribution in [2.75, 3.05) is 38.2 Å². The van der Waals surface area contributed by atoms with Gasteiger partial charge in [0.15, 0.2) is 0 Å². The van der Waals surface area contributed by atoms with Gasteiger partial charge in [0.05, 0.1) is 24.5 Å². The van der Waals surface area contributed by atoms with Crippen molar-refractivity contribution >= 4 is 23.2 Å². The van der Waals surface area contributed by atoms with E-state index in [4.69, 9.17) is 16.3 Å². The highest BCUT2D eigenvalue weighted by Gasteiger charge is 2.32. The largest absolute Gasteiger partial charge is 0.382 e. The zero-order chi connectivity index (χ0) is 20.2. The number of halogens is 1. The Hall–Kier alpha value is -1.60. The minimum absolute atomic E-state index is 0.0171. The third kappa shape index (κ3) is 4.77. The molecule has 8 heteroatoms. The number of nitrogens with zero attached hydrogens (tertiary/aromatic N) is 3. The molecule has 1 aromatic rings. The van der Waals surface area contributed by atoms with Gasteiger partial charge in [-0.3, -0.25) is 9.59 Å². The van der Waals surface area contributed by atoms with Gasteiger partial charge in [-0.1, -0.05) is 11.6 Å². The van der Waals surface area contributed by atoms with Gasteiger partial charge < -0.3 is 15.0 Å². The minimum Gasteiger partial charge on any atom is -0.382 e. The van der Waals surface area contributed by atoms with Crippen LogP contribution in [0.15, 0.2) is 11.0 Å². The van der Waals surface area contributed by atoms with Gasteiger partial charge in [-0.15, -0.1) is 0 Å². The molecule has 1 aromatic heterocycles. The van der Waals surface area contributed by atoms with E-state index in [1.54, 1.807) is 6.20 Å². The molecule has 0 radical (unpaired) electrons. The van der Waals surface area contributed by atoms with Crippen LogP contribution in [0.4, 0.5) is 5.69 Å². The predicted molar refractivity (Wildman–Crippen MR) is 112 cm³/mol. The average Bonchev–Trinajstić information content (AvgIpc) is 3.30. The fourth-order valence-electron chi connectivity index (χ4n) is 4.81. The van der Waals surface area contributed by atoms with Crippen molar-refractivity contribution in [2.45, 2.75) is 57.4 Å². The lowest BCUT2D eigenvalue weighted by Crippen LogP contribution is -2.37. The van der Waals surface area contributed by atoms with Crippen LogP contribution < -0.4 is 10.9 Å². The van der Waals surface area contributed by atoms with Gasteiger partial charge in [-0.25, -0.2) is 4.68 Å². The minimum atomic E-state index is -0.245. The van der Waals surface area contributed by atoms with Crippen molar-refractivity contribution in [3.8, 4) is 0 Å². The third-order valence-corrected chi connectivity index (χ3v) is 6.95. The highest BCUT2D eigenvalue weighted by atomic mass is 35.5. The maximum Gasteiger partial charge on any atom is 0.287 e. The second-order valence-corrected chi connectivity index (χ2v) is 9.00. The summed E-state index contributed by atoms with van der Waals surface area (Å²) in [6.45, 7) is 4.11. The fraction of sp³-hybridized carbons (Fsp3) is 0.762. The van der Waals surface area contributed by atoms with Crippen LogP contribution in [0.2, 0.25) is 5.02 Å². The van der Waals surface area contributed by atoms with Gasteiger partial charge in [0.25, 0.3) is 5.56 Å². The Kier molecular flexibility index (Phi) is 6.75. The molecule has 1 N–H and O–H groups in total. The van der Waals surface area contributed by atoms with Crippen LogP contribution in [0.1, 0.15) is 57.4 Å². The number of anilines is 1. The second-order valence-electron chi connectivity index (χ2n) is 8.62. The number of carbonyl (C=O) groups excluding carboxylic acids is 1. The molecule has 0 aromatic carbocycles. The number of ether oxygens (including phenoxy) is 1. The number of hydrogen-bond acceptors (Lipinski definition) is 5. The number of carbonyl (C=O) groups is 1. The van der Waals surface area contributed by atoms with E-state index in [0.717, 1.165) is 84.2 Å². The Bertz CT molecular complexity index is 764. The highest BCUT2D eigenvalue weighted by Crippen LogP contribution is 2.33. The van der Waals surface area contributed by atoms with Crippen LogP contribution in [0.25, 0.3) is 0 Å². The van der Waals surface area contributed by atoms with E-state index in [1.807, 2.05) is 4.90 Å². The van der Waals surface area contributed by atoms with Crippen LogP contribution in [-0.4, -0.2) is 53.4 Å². The zero-order valence-corrected chi connectivity index (χ0v) is 17.7. The van der Waals surface area contributed by atoms with Gasteiger partial charge in [0.2, 0.25) is 5.91 Å². The number of hydrogen-bond donors (Lipinski definition) is 1. The van der Waals surface area contributed by atoms with Crippen LogP contribution in [0, 0.1) is 11.8 Å². The summed E-state index contributed by atoms with van der Waals surface area (Å²) in [5.41, 5.74) is 0.349. The second kappa shape index (κ2) is 9.47. The summed E-state index contributed by atoms with van der Waals surface area (Å²) in [6, 6.07) is 0.0171. The number of likely N-dealkylation sites (tertiary alicyclic amines) is 1. The summed E-state index contributed by atoms with van der Waals surface area (Å²) in [7, 11) is 0. The maximum atomic E-state index is 12.8. The average molecular weight is 423 g/mol. The van der Waals surface area contributed by atoms with Crippen molar-refractivity contribution < 1.29 is 9.53 Å². The molecule has 3 fully saturated rings. The molecule has 160 valence electrons. The monoisotopic (exact) mass is 422 g/mol. The molecular weight excluding hydrogens is 392 g/mol. The molecule has 4 rings (SSSR count). The lowest BCUT2D eigenvalue weighted by atomic mass is 9.85. The number of amides is 1. The number of nitrogens with one attached hydrogen (secondary N) is 1. The van der Waals surface area contributed by atoms with Gasteiger partial charge in [-0.05, 0) is 57.3 Å². The van der Waals surface area contributed by atoms with E-state index in [0.29, 0.717) is 17.5 Å². The van der Waals surface area contributed by atoms with E-state index >= 15 is 0 Å². The molecule has 0 spiro atoms. The van der Waals surface area contributed by atoms with E-state index in [2.05, 4.69) is 10.4 Å². The van der Waals surface area contributed by atoms with E-state index in [1.165, 1.54) is 4.68 Å². The zero-order valence-electron chi connectivity index (χ0n) is 16.9. The normalized spacial score (nSPS) is 27.8. The first-order valence-electron chi connectivity index (χ1n) is 11.0. The van der Waals surface area contributed by atoms with Crippen LogP contribution in [0.3, 0.4) is 0 Å². The van der Waals surface area contributed by atoms with Crippen LogP contribution >= 0.6 is 11.6 Å². The highest BCUT2D eigenvalue weighted by molar-refractivity contribution is 6.32. The van der Waals surface area contributed by atoms with E-state index in [-0.39, 0.29) is 22.5 Å². The van der Waals surface area contributed by atoms with E-state index in [9.17, 15) is 9.59 Å². The predicted octanol–water partition coefficient (Wildman–Crippen LogP) is 3.09. The first kappa shape index (κ1) is 20.7. The summed E-state index contributed by atoms with van der Waals surface area (Å²) in [4.78, 5) is 27.4. The van der Waals surface area contributed by atoms with Crippen molar-refractivity contribution in [3.63, 3.8) is 0 Å². The molecule has 1 atom stereocenters. The quantitative estimate of drug-likeness (QED) is 0.789. The molecule has 0 unspecified atom stereocenters. The fourth-order valence-corrected chi connectivity index (χ4v) is 5.02. The SMILES string of the molecule is O=C(C1CCC(n2ncc(NC[C@H]3CCCOC3)c(Cl)c2=O)CC1)N1CCCC1. The Morgan fingerprint density at radius 3 is 2.62 bits per heavy atom. The Labute approximate surface area is 176 Å². The first-order valence-corrected chi connectivity index (χ1v) is 11.4. The van der Waals surface area contributed by atoms with Crippen molar-refractivity contribution in [1.82, 2.24) is 14.7 Å². The van der Waals surface area contributed by atoms with Gasteiger partial charge in [0, 0.05) is 32.2 Å². The maximum absolute atomic E-state index is 12.8. The third-order valence-electron chi connectivity index (χ3n) is 6.59. The van der Waals surface area contributed by atoms with Gasteiger partial charge in [-0.2, -0.15) is 5.10 Å². The smallest absolute Gasteiger partial charge is 0.287 e. The summed E-state index contributed by atoms with van der Waals surface area (Å²) in [5, 5.41) is 7.87. The van der Waals surface area contributed by atoms with E-state index < -0.39 is 0 Å². The van der Waals surface area contributed by atoms with Crippen molar-refractivity contribution in [3.05, 3.63) is 21.6 Å². The van der Waals surface area contributed by atoms with Crippen molar-refractivity contribution in [1.29, 1.82) is 0 Å². The molecule has 1 saturated carbocycles. The lowest BCUT2D eigenvalue weighted by Gasteiger charge is -2.30. The Balaban J connectivity index is 1.34. The molecule has 2 saturated heterocycles. The summed E-state index contributed by atoms with van der Waals surface area (Å²) in [5.74, 6) is 0.824. The molecule has 29 heavy (non-hydrogen) atoms. The Morgan fingerprint density at radius 2 is 1.93 bits per heavy atom. The lowest BCUT2D eigenvalue weighted by molar-refractivity contribution is -0.135. The summed E-state index contributed by atoms with van der Waals surface area (Å²) < 4.78 is 7.02. The van der Waals surface area contributed by atoms with Crippen molar-refractivity contribution in [2.24, 2.45) is 11.8 Å². The Morgan fingerprint density at radius 1 is 1.17 bits per heavy atom. The standard InChI is InChI=1S/C21H31ClN4O3/c22-19-18(23-12-15-4-3-11-29-14-15)13-24-26(21(19)28)17-7-5-16(6-8-17)20(27)25-9-1-2-10-25/h13,15-17,23H,1-12,14H2/t15-,16?,17?/m1/s1. The van der Waals surface area contributed by atoms with Gasteiger partial charge >= 0.3 is 0 Å². The number of aromatic nitrogens is 2. The first-order chi connectivity index (χ1) is 14.1. The molecule has 0 bridgehead atoms. The number of rotatable bonds is 5.